The first-order valence-corrected chi connectivity index (χ1v) is 9.35. The molecule has 1 fully saturated rings. The van der Waals surface area contributed by atoms with Crippen LogP contribution in [0.15, 0.2) is 24.3 Å². The highest BCUT2D eigenvalue weighted by atomic mass is 35.5. The summed E-state index contributed by atoms with van der Waals surface area (Å²) in [5.41, 5.74) is 1.05. The molecule has 1 aliphatic heterocycles. The fraction of sp³-hybridized carbons (Fsp3) is 0.200. The van der Waals surface area contributed by atoms with Crippen LogP contribution in [0, 0.1) is 5.82 Å². The second kappa shape index (κ2) is 6.15. The van der Waals surface area contributed by atoms with Gasteiger partial charge < -0.3 is 9.64 Å². The molecule has 4 rings (SSSR count). The highest BCUT2D eigenvalue weighted by molar-refractivity contribution is 7.22. The Morgan fingerprint density at radius 2 is 2.08 bits per heavy atom. The number of hydrogen-bond acceptors (Lipinski definition) is 6. The summed E-state index contributed by atoms with van der Waals surface area (Å²) in [7, 11) is 0. The molecular weight excluding hydrogens is 394 g/mol. The number of rotatable bonds is 3. The summed E-state index contributed by atoms with van der Waals surface area (Å²) in [6.45, 7) is 1.09. The number of ether oxygens (including phenoxy) is 1. The Bertz CT molecular complexity index is 937. The molecule has 124 valence electrons. The maximum atomic E-state index is 13.2. The van der Waals surface area contributed by atoms with Crippen LogP contribution in [0.1, 0.15) is 10.4 Å². The molecule has 0 saturated carbocycles. The Hall–Kier alpha value is -1.41. The molecule has 0 aliphatic carbocycles. The van der Waals surface area contributed by atoms with Crippen LogP contribution in [-0.4, -0.2) is 30.1 Å². The number of thiophene rings is 1. The number of thiazole rings is 1. The molecule has 24 heavy (non-hydrogen) atoms. The lowest BCUT2D eigenvalue weighted by molar-refractivity contribution is 0.0235. The van der Waals surface area contributed by atoms with Gasteiger partial charge in [0.25, 0.3) is 0 Å². The number of hydrogen-bond donors (Lipinski definition) is 0. The Morgan fingerprint density at radius 3 is 2.79 bits per heavy atom. The quantitative estimate of drug-likeness (QED) is 0.587. The summed E-state index contributed by atoms with van der Waals surface area (Å²) >= 11 is 14.3. The SMILES string of the molecule is O=C(OC1CN(c2nc3ccc(F)cc3s2)C1)c1cc(Cl)sc1Cl. The summed E-state index contributed by atoms with van der Waals surface area (Å²) in [6, 6.07) is 6.03. The molecule has 1 aliphatic rings. The average molecular weight is 403 g/mol. The molecule has 9 heteroatoms. The van der Waals surface area contributed by atoms with Crippen LogP contribution in [0.4, 0.5) is 9.52 Å². The molecule has 2 aromatic heterocycles. The molecule has 0 N–H and O–H groups in total. The fourth-order valence-corrected chi connectivity index (χ4v) is 4.83. The lowest BCUT2D eigenvalue weighted by Gasteiger charge is -2.38. The maximum Gasteiger partial charge on any atom is 0.340 e. The van der Waals surface area contributed by atoms with Gasteiger partial charge in [-0.05, 0) is 24.3 Å². The molecule has 0 amide bonds. The van der Waals surface area contributed by atoms with E-state index < -0.39 is 5.97 Å². The number of carbonyl (C=O) groups excluding carboxylic acids is 1. The molecule has 0 atom stereocenters. The molecule has 0 unspecified atom stereocenters. The number of anilines is 1. The molecule has 4 nitrogen and oxygen atoms in total. The van der Waals surface area contributed by atoms with Crippen LogP contribution < -0.4 is 4.90 Å². The van der Waals surface area contributed by atoms with Crippen molar-refractivity contribution in [2.75, 3.05) is 18.0 Å². The van der Waals surface area contributed by atoms with E-state index in [4.69, 9.17) is 27.9 Å². The van der Waals surface area contributed by atoms with E-state index in [1.54, 1.807) is 6.07 Å². The number of halogens is 3. The predicted molar refractivity (Wildman–Crippen MR) is 95.3 cm³/mol. The minimum absolute atomic E-state index is 0.226. The zero-order valence-corrected chi connectivity index (χ0v) is 15.1. The van der Waals surface area contributed by atoms with Crippen molar-refractivity contribution >= 4 is 67.2 Å². The second-order valence-electron chi connectivity index (χ2n) is 5.28. The van der Waals surface area contributed by atoms with E-state index in [2.05, 4.69) is 4.98 Å². The number of nitrogens with zero attached hydrogens (tertiary/aromatic N) is 2. The van der Waals surface area contributed by atoms with Crippen molar-refractivity contribution in [3.05, 3.63) is 44.3 Å². The first-order chi connectivity index (χ1) is 11.5. The van der Waals surface area contributed by atoms with E-state index in [-0.39, 0.29) is 11.9 Å². The number of benzene rings is 1. The minimum atomic E-state index is -0.473. The molecule has 3 heterocycles. The Kier molecular flexibility index (Phi) is 4.12. The monoisotopic (exact) mass is 402 g/mol. The zero-order chi connectivity index (χ0) is 16.8. The predicted octanol–water partition coefficient (Wildman–Crippen LogP) is 4.85. The van der Waals surface area contributed by atoms with Gasteiger partial charge in [-0.1, -0.05) is 34.5 Å². The van der Waals surface area contributed by atoms with E-state index in [1.807, 2.05) is 4.90 Å². The Balaban J connectivity index is 1.40. The molecular formula is C15H9Cl2FN2O2S2. The fourth-order valence-electron chi connectivity index (χ4n) is 2.38. The first-order valence-electron chi connectivity index (χ1n) is 6.96. The second-order valence-corrected chi connectivity index (χ2v) is 8.57. The lowest BCUT2D eigenvalue weighted by atomic mass is 10.2. The maximum absolute atomic E-state index is 13.2. The van der Waals surface area contributed by atoms with Crippen molar-refractivity contribution < 1.29 is 13.9 Å². The van der Waals surface area contributed by atoms with Crippen LogP contribution in [0.3, 0.4) is 0 Å². The van der Waals surface area contributed by atoms with Crippen molar-refractivity contribution in [2.45, 2.75) is 6.10 Å². The van der Waals surface area contributed by atoms with Gasteiger partial charge in [-0.3, -0.25) is 0 Å². The van der Waals surface area contributed by atoms with Crippen LogP contribution in [0.25, 0.3) is 10.2 Å². The summed E-state index contributed by atoms with van der Waals surface area (Å²) in [4.78, 5) is 18.5. The van der Waals surface area contributed by atoms with Crippen molar-refractivity contribution in [3.63, 3.8) is 0 Å². The van der Waals surface area contributed by atoms with Gasteiger partial charge in [0, 0.05) is 0 Å². The van der Waals surface area contributed by atoms with Gasteiger partial charge in [-0.2, -0.15) is 0 Å². The van der Waals surface area contributed by atoms with Crippen LogP contribution in [-0.2, 0) is 4.74 Å². The minimum Gasteiger partial charge on any atom is -0.455 e. The van der Waals surface area contributed by atoms with Crippen molar-refractivity contribution in [3.8, 4) is 0 Å². The Labute approximate surface area is 154 Å². The number of fused-ring (bicyclic) bond motifs is 1. The largest absolute Gasteiger partial charge is 0.455 e. The molecule has 1 aromatic carbocycles. The van der Waals surface area contributed by atoms with Gasteiger partial charge in [0.15, 0.2) is 5.13 Å². The van der Waals surface area contributed by atoms with Crippen molar-refractivity contribution in [1.82, 2.24) is 4.98 Å². The van der Waals surface area contributed by atoms with Gasteiger partial charge in [0.2, 0.25) is 0 Å². The Morgan fingerprint density at radius 1 is 1.29 bits per heavy atom. The third kappa shape index (κ3) is 2.97. The van der Waals surface area contributed by atoms with Crippen molar-refractivity contribution in [1.29, 1.82) is 0 Å². The van der Waals surface area contributed by atoms with Crippen LogP contribution in [0.5, 0.6) is 0 Å². The van der Waals surface area contributed by atoms with E-state index >= 15 is 0 Å². The summed E-state index contributed by atoms with van der Waals surface area (Å²) < 4.78 is 20.2. The first kappa shape index (κ1) is 16.1. The summed E-state index contributed by atoms with van der Waals surface area (Å²) in [6.07, 6.45) is -0.226. The number of esters is 1. The smallest absolute Gasteiger partial charge is 0.340 e. The third-order valence-corrected chi connectivity index (χ3v) is 6.17. The molecule has 0 bridgehead atoms. The van der Waals surface area contributed by atoms with Gasteiger partial charge in [-0.15, -0.1) is 11.3 Å². The third-order valence-electron chi connectivity index (χ3n) is 3.61. The van der Waals surface area contributed by atoms with E-state index in [9.17, 15) is 9.18 Å². The highest BCUT2D eigenvalue weighted by Gasteiger charge is 2.33. The van der Waals surface area contributed by atoms with Crippen LogP contribution in [0.2, 0.25) is 8.67 Å². The number of aromatic nitrogens is 1. The average Bonchev–Trinajstić information content (AvgIpc) is 3.04. The zero-order valence-electron chi connectivity index (χ0n) is 12.0. The normalized spacial score (nSPS) is 14.9. The van der Waals surface area contributed by atoms with Gasteiger partial charge >= 0.3 is 5.97 Å². The van der Waals surface area contributed by atoms with Crippen LogP contribution >= 0.6 is 45.9 Å². The van der Waals surface area contributed by atoms with Gasteiger partial charge in [0.05, 0.1) is 33.2 Å². The summed E-state index contributed by atoms with van der Waals surface area (Å²) in [5.74, 6) is -0.751. The van der Waals surface area contributed by atoms with Gasteiger partial charge in [-0.25, -0.2) is 14.2 Å². The summed E-state index contributed by atoms with van der Waals surface area (Å²) in [5, 5.41) is 0.791. The topological polar surface area (TPSA) is 42.4 Å². The van der Waals surface area contributed by atoms with E-state index in [1.165, 1.54) is 29.5 Å². The van der Waals surface area contributed by atoms with Crippen molar-refractivity contribution in [2.24, 2.45) is 0 Å². The highest BCUT2D eigenvalue weighted by Crippen LogP contribution is 2.34. The standard InChI is InChI=1S/C15H9Cl2FN2O2S2/c16-12-4-9(13(17)24-12)14(21)22-8-5-20(6-8)15-19-10-2-1-7(18)3-11(10)23-15/h1-4,8H,5-6H2. The molecule has 3 aromatic rings. The van der Waals surface area contributed by atoms with E-state index in [0.717, 1.165) is 26.7 Å². The molecule has 0 radical (unpaired) electrons. The van der Waals surface area contributed by atoms with E-state index in [0.29, 0.717) is 27.3 Å². The molecule has 0 spiro atoms. The van der Waals surface area contributed by atoms with Gasteiger partial charge in [0.1, 0.15) is 16.3 Å². The number of carbonyl (C=O) groups is 1. The molecule has 1 saturated heterocycles. The lowest BCUT2D eigenvalue weighted by Crippen LogP contribution is -2.53.